The number of fused-ring (bicyclic) bond motifs is 1. The number of hydrogen-bond donors (Lipinski definition) is 3. The van der Waals surface area contributed by atoms with Gasteiger partial charge in [-0.1, -0.05) is 30.3 Å². The van der Waals surface area contributed by atoms with E-state index in [1.807, 2.05) is 38.1 Å². The van der Waals surface area contributed by atoms with Gasteiger partial charge >= 0.3 is 0 Å². The van der Waals surface area contributed by atoms with Crippen LogP contribution >= 0.6 is 24.0 Å². The molecule has 0 aliphatic heterocycles. The predicted octanol–water partition coefficient (Wildman–Crippen LogP) is 4.29. The third-order valence-electron chi connectivity index (χ3n) is 4.39. The van der Waals surface area contributed by atoms with Gasteiger partial charge < -0.3 is 20.2 Å². The van der Waals surface area contributed by atoms with Gasteiger partial charge in [-0.2, -0.15) is 0 Å². The Morgan fingerprint density at radius 1 is 1.14 bits per heavy atom. The smallest absolute Gasteiger partial charge is 0.191 e. The molecule has 0 saturated heterocycles. The van der Waals surface area contributed by atoms with Gasteiger partial charge in [-0.05, 0) is 37.6 Å². The van der Waals surface area contributed by atoms with E-state index in [4.69, 9.17) is 4.42 Å². The fourth-order valence-electron chi connectivity index (χ4n) is 2.86. The zero-order chi connectivity index (χ0) is 19.2. The molecule has 28 heavy (non-hydrogen) atoms. The summed E-state index contributed by atoms with van der Waals surface area (Å²) in [6.45, 7) is 5.34. The highest BCUT2D eigenvalue weighted by atomic mass is 127. The molecule has 150 valence electrons. The molecule has 3 N–H and O–H groups in total. The van der Waals surface area contributed by atoms with Crippen molar-refractivity contribution in [2.45, 2.75) is 26.5 Å². The first kappa shape index (κ1) is 22.2. The Hall–Kier alpha value is -2.13. The summed E-state index contributed by atoms with van der Waals surface area (Å²) in [7, 11) is 0. The lowest BCUT2D eigenvalue weighted by Gasteiger charge is -2.15. The minimum absolute atomic E-state index is 0. The number of para-hydroxylation sites is 1. The van der Waals surface area contributed by atoms with Crippen LogP contribution < -0.4 is 10.6 Å². The minimum atomic E-state index is -0.762. The highest BCUT2D eigenvalue weighted by molar-refractivity contribution is 14.0. The molecule has 2 aromatic carbocycles. The second-order valence-electron chi connectivity index (χ2n) is 6.29. The molecule has 0 saturated carbocycles. The van der Waals surface area contributed by atoms with Crippen LogP contribution in [0.5, 0.6) is 0 Å². The summed E-state index contributed by atoms with van der Waals surface area (Å²) in [5.74, 6) is 1.07. The van der Waals surface area contributed by atoms with E-state index >= 15 is 0 Å². The molecule has 5 nitrogen and oxygen atoms in total. The Labute approximate surface area is 181 Å². The van der Waals surface area contributed by atoms with Crippen molar-refractivity contribution in [3.8, 4) is 0 Å². The normalized spacial score (nSPS) is 12.5. The maximum Gasteiger partial charge on any atom is 0.191 e. The zero-order valence-electron chi connectivity index (χ0n) is 15.9. The van der Waals surface area contributed by atoms with Crippen molar-refractivity contribution in [1.29, 1.82) is 0 Å². The van der Waals surface area contributed by atoms with E-state index in [2.05, 4.69) is 15.6 Å². The van der Waals surface area contributed by atoms with Crippen LogP contribution in [0.3, 0.4) is 0 Å². The van der Waals surface area contributed by atoms with E-state index in [0.717, 1.165) is 22.3 Å². The van der Waals surface area contributed by atoms with Crippen molar-refractivity contribution in [3.05, 3.63) is 71.2 Å². The molecule has 0 amide bonds. The molecule has 1 heterocycles. The lowest BCUT2D eigenvalue weighted by molar-refractivity contribution is 0.180. The van der Waals surface area contributed by atoms with Gasteiger partial charge in [0, 0.05) is 24.0 Å². The summed E-state index contributed by atoms with van der Waals surface area (Å²) in [6, 6.07) is 13.7. The Morgan fingerprint density at radius 2 is 1.86 bits per heavy atom. The molecule has 0 bridgehead atoms. The van der Waals surface area contributed by atoms with Gasteiger partial charge in [0.05, 0.1) is 6.10 Å². The number of hydrogen-bond acceptors (Lipinski definition) is 3. The lowest BCUT2D eigenvalue weighted by Crippen LogP contribution is -2.39. The highest BCUT2D eigenvalue weighted by Crippen LogP contribution is 2.25. The number of benzene rings is 2. The third kappa shape index (κ3) is 5.45. The summed E-state index contributed by atoms with van der Waals surface area (Å²) in [5, 5.41) is 17.6. The number of aliphatic imine (C=N–C) groups is 1. The van der Waals surface area contributed by atoms with E-state index in [1.165, 1.54) is 12.1 Å². The molecule has 1 unspecified atom stereocenters. The van der Waals surface area contributed by atoms with E-state index in [0.29, 0.717) is 24.6 Å². The van der Waals surface area contributed by atoms with Crippen molar-refractivity contribution in [3.63, 3.8) is 0 Å². The number of aliphatic hydroxyl groups excluding tert-OH is 1. The molecule has 0 aliphatic carbocycles. The van der Waals surface area contributed by atoms with Crippen LogP contribution in [0.1, 0.15) is 29.9 Å². The van der Waals surface area contributed by atoms with Crippen LogP contribution in [0.15, 0.2) is 57.9 Å². The zero-order valence-corrected chi connectivity index (χ0v) is 18.2. The van der Waals surface area contributed by atoms with Gasteiger partial charge in [-0.15, -0.1) is 24.0 Å². The number of guanidine groups is 1. The topological polar surface area (TPSA) is 69.8 Å². The maximum atomic E-state index is 13.0. The number of furan rings is 1. The molecule has 3 rings (SSSR count). The molecular formula is C21H25FIN3O2. The molecule has 7 heteroatoms. The Morgan fingerprint density at radius 3 is 2.54 bits per heavy atom. The van der Waals surface area contributed by atoms with Crippen LogP contribution in [0.2, 0.25) is 0 Å². The quantitative estimate of drug-likeness (QED) is 0.270. The summed E-state index contributed by atoms with van der Waals surface area (Å²) in [5.41, 5.74) is 2.58. The van der Waals surface area contributed by atoms with Crippen LogP contribution in [-0.2, 0) is 6.54 Å². The molecular weight excluding hydrogens is 472 g/mol. The monoisotopic (exact) mass is 497 g/mol. The van der Waals surface area contributed by atoms with Crippen molar-refractivity contribution < 1.29 is 13.9 Å². The average Bonchev–Trinajstić information content (AvgIpc) is 3.00. The third-order valence-corrected chi connectivity index (χ3v) is 4.39. The standard InChI is InChI=1S/C21H24FN3O2.HI/c1-3-23-21(24-12-18(26)15-8-10-16(22)11-9-15)25-13-20-14(2)17-6-4-5-7-19(17)27-20;/h4-11,18,26H,3,12-13H2,1-2H3,(H2,23,24,25);1H. The number of nitrogens with zero attached hydrogens (tertiary/aromatic N) is 1. The second kappa shape index (κ2) is 10.4. The Kier molecular flexibility index (Phi) is 8.25. The lowest BCUT2D eigenvalue weighted by atomic mass is 10.1. The largest absolute Gasteiger partial charge is 0.459 e. The van der Waals surface area contributed by atoms with Crippen molar-refractivity contribution >= 4 is 40.9 Å². The molecule has 0 spiro atoms. The summed E-state index contributed by atoms with van der Waals surface area (Å²) in [4.78, 5) is 4.55. The fraction of sp³-hybridized carbons (Fsp3) is 0.286. The molecule has 0 radical (unpaired) electrons. The van der Waals surface area contributed by atoms with Gasteiger partial charge in [0.2, 0.25) is 0 Å². The molecule has 1 atom stereocenters. The number of halogens is 2. The van der Waals surface area contributed by atoms with Gasteiger partial charge in [-0.3, -0.25) is 0 Å². The number of nitrogens with one attached hydrogen (secondary N) is 2. The van der Waals surface area contributed by atoms with Crippen LogP contribution in [-0.4, -0.2) is 24.2 Å². The first-order valence-electron chi connectivity index (χ1n) is 9.01. The van der Waals surface area contributed by atoms with Gasteiger partial charge in [0.15, 0.2) is 5.96 Å². The van der Waals surface area contributed by atoms with E-state index < -0.39 is 6.10 Å². The Balaban J connectivity index is 0.00000280. The minimum Gasteiger partial charge on any atom is -0.459 e. The predicted molar refractivity (Wildman–Crippen MR) is 121 cm³/mol. The first-order chi connectivity index (χ1) is 13.1. The highest BCUT2D eigenvalue weighted by Gasteiger charge is 2.11. The van der Waals surface area contributed by atoms with E-state index in [9.17, 15) is 9.50 Å². The molecule has 0 aliphatic rings. The van der Waals surface area contributed by atoms with Crippen molar-refractivity contribution in [2.75, 3.05) is 13.1 Å². The van der Waals surface area contributed by atoms with Crippen LogP contribution in [0, 0.1) is 12.7 Å². The van der Waals surface area contributed by atoms with Gasteiger partial charge in [-0.25, -0.2) is 9.38 Å². The Bertz CT molecular complexity index is 925. The second-order valence-corrected chi connectivity index (χ2v) is 6.29. The molecule has 0 fully saturated rings. The fourth-order valence-corrected chi connectivity index (χ4v) is 2.86. The first-order valence-corrected chi connectivity index (χ1v) is 9.01. The molecule has 3 aromatic rings. The SMILES string of the molecule is CCNC(=NCc1oc2ccccc2c1C)NCC(O)c1ccc(F)cc1.I. The van der Waals surface area contributed by atoms with Crippen LogP contribution in [0.4, 0.5) is 4.39 Å². The van der Waals surface area contributed by atoms with E-state index in [1.54, 1.807) is 12.1 Å². The molecule has 1 aromatic heterocycles. The van der Waals surface area contributed by atoms with Crippen molar-refractivity contribution in [1.82, 2.24) is 10.6 Å². The van der Waals surface area contributed by atoms with Gasteiger partial charge in [0.1, 0.15) is 23.7 Å². The van der Waals surface area contributed by atoms with Crippen LogP contribution in [0.25, 0.3) is 11.0 Å². The maximum absolute atomic E-state index is 13.0. The van der Waals surface area contributed by atoms with Gasteiger partial charge in [0.25, 0.3) is 0 Å². The number of aliphatic hydroxyl groups is 1. The summed E-state index contributed by atoms with van der Waals surface area (Å²) >= 11 is 0. The summed E-state index contributed by atoms with van der Waals surface area (Å²) in [6.07, 6.45) is -0.762. The number of rotatable bonds is 6. The number of aryl methyl sites for hydroxylation is 1. The average molecular weight is 497 g/mol. The van der Waals surface area contributed by atoms with Crippen molar-refractivity contribution in [2.24, 2.45) is 4.99 Å². The van der Waals surface area contributed by atoms with E-state index in [-0.39, 0.29) is 36.3 Å². The summed E-state index contributed by atoms with van der Waals surface area (Å²) < 4.78 is 18.9.